The van der Waals surface area contributed by atoms with Gasteiger partial charge in [0.2, 0.25) is 17.7 Å². The fourth-order valence-corrected chi connectivity index (χ4v) is 1.38. The molecule has 0 heterocycles. The van der Waals surface area contributed by atoms with Crippen LogP contribution >= 0.6 is 11.6 Å². The monoisotopic (exact) mass is 283 g/mol. The minimum atomic E-state index is -0.626. The highest BCUT2D eigenvalue weighted by Gasteiger charge is 2.07. The van der Waals surface area contributed by atoms with Crippen LogP contribution in [0.15, 0.2) is 24.3 Å². The zero-order valence-corrected chi connectivity index (χ0v) is 10.9. The number of rotatable bonds is 6. The van der Waals surface area contributed by atoms with Crippen LogP contribution in [0.4, 0.5) is 5.69 Å². The molecule has 0 radical (unpaired) electrons. The van der Waals surface area contributed by atoms with Crippen LogP contribution in [0.2, 0.25) is 5.02 Å². The van der Waals surface area contributed by atoms with Gasteiger partial charge in [0, 0.05) is 23.6 Å². The van der Waals surface area contributed by atoms with Gasteiger partial charge >= 0.3 is 0 Å². The Hall–Kier alpha value is -2.08. The number of hydrogen-bond donors (Lipinski definition) is 3. The van der Waals surface area contributed by atoms with Crippen molar-refractivity contribution in [2.45, 2.75) is 12.8 Å². The van der Waals surface area contributed by atoms with Crippen molar-refractivity contribution in [2.75, 3.05) is 11.9 Å². The third-order valence-corrected chi connectivity index (χ3v) is 2.42. The Labute approximate surface area is 115 Å². The highest BCUT2D eigenvalue weighted by atomic mass is 35.5. The lowest BCUT2D eigenvalue weighted by molar-refractivity contribution is -0.126. The van der Waals surface area contributed by atoms with Gasteiger partial charge in [0.15, 0.2) is 0 Å². The molecular formula is C12H14ClN3O3. The van der Waals surface area contributed by atoms with Gasteiger partial charge in [-0.3, -0.25) is 14.4 Å². The summed E-state index contributed by atoms with van der Waals surface area (Å²) >= 11 is 5.71. The van der Waals surface area contributed by atoms with E-state index in [-0.39, 0.29) is 25.3 Å². The molecule has 0 aliphatic rings. The van der Waals surface area contributed by atoms with Gasteiger partial charge in [-0.25, -0.2) is 0 Å². The Morgan fingerprint density at radius 1 is 1.05 bits per heavy atom. The smallest absolute Gasteiger partial charge is 0.236 e. The summed E-state index contributed by atoms with van der Waals surface area (Å²) in [5.74, 6) is -1.32. The molecule has 102 valence electrons. The number of hydrogen-bond acceptors (Lipinski definition) is 3. The number of carbonyl (C=O) groups is 3. The quantitative estimate of drug-likeness (QED) is 0.715. The second kappa shape index (κ2) is 7.38. The summed E-state index contributed by atoms with van der Waals surface area (Å²) in [6.07, 6.45) is 0.0138. The largest absolute Gasteiger partial charge is 0.368 e. The van der Waals surface area contributed by atoms with E-state index in [4.69, 9.17) is 17.3 Å². The molecule has 19 heavy (non-hydrogen) atoms. The average Bonchev–Trinajstić information content (AvgIpc) is 2.36. The topological polar surface area (TPSA) is 101 Å². The van der Waals surface area contributed by atoms with E-state index in [2.05, 4.69) is 10.6 Å². The number of nitrogens with two attached hydrogens (primary N) is 1. The highest BCUT2D eigenvalue weighted by Crippen LogP contribution is 2.13. The summed E-state index contributed by atoms with van der Waals surface area (Å²) in [6.45, 7) is -0.225. The van der Waals surface area contributed by atoms with Crippen molar-refractivity contribution in [3.05, 3.63) is 29.3 Å². The molecule has 7 heteroatoms. The van der Waals surface area contributed by atoms with Crippen LogP contribution in [0.3, 0.4) is 0 Å². The Morgan fingerprint density at radius 2 is 1.63 bits per heavy atom. The van der Waals surface area contributed by atoms with E-state index in [1.54, 1.807) is 24.3 Å². The molecule has 3 amide bonds. The van der Waals surface area contributed by atoms with Crippen molar-refractivity contribution in [3.63, 3.8) is 0 Å². The van der Waals surface area contributed by atoms with Crippen molar-refractivity contribution < 1.29 is 14.4 Å². The van der Waals surface area contributed by atoms with Gasteiger partial charge < -0.3 is 16.4 Å². The number of nitrogens with one attached hydrogen (secondary N) is 2. The van der Waals surface area contributed by atoms with Crippen LogP contribution in [0.1, 0.15) is 12.8 Å². The van der Waals surface area contributed by atoms with Crippen molar-refractivity contribution in [1.29, 1.82) is 0 Å². The van der Waals surface area contributed by atoms with Crippen molar-refractivity contribution in [3.8, 4) is 0 Å². The van der Waals surface area contributed by atoms with Gasteiger partial charge in [0.25, 0.3) is 0 Å². The molecule has 1 aromatic rings. The minimum Gasteiger partial charge on any atom is -0.368 e. The second-order valence-electron chi connectivity index (χ2n) is 3.80. The maximum Gasteiger partial charge on any atom is 0.236 e. The first kappa shape index (κ1) is 15.0. The third kappa shape index (κ3) is 6.42. The lowest BCUT2D eigenvalue weighted by Crippen LogP contribution is -2.33. The Morgan fingerprint density at radius 3 is 2.21 bits per heavy atom. The molecular weight excluding hydrogens is 270 g/mol. The van der Waals surface area contributed by atoms with Gasteiger partial charge in [0.1, 0.15) is 0 Å². The first-order valence-corrected chi connectivity index (χ1v) is 5.95. The fraction of sp³-hybridized carbons (Fsp3) is 0.250. The summed E-state index contributed by atoms with van der Waals surface area (Å²) in [4.78, 5) is 33.2. The standard InChI is InChI=1S/C12H14ClN3O3/c13-8-1-3-9(4-2-8)16-12(19)6-5-11(18)15-7-10(14)17/h1-4H,5-7H2,(H2,14,17)(H,15,18)(H,16,19). The molecule has 0 spiro atoms. The number of benzene rings is 1. The predicted molar refractivity (Wildman–Crippen MR) is 71.5 cm³/mol. The summed E-state index contributed by atoms with van der Waals surface area (Å²) < 4.78 is 0. The fourth-order valence-electron chi connectivity index (χ4n) is 1.26. The number of carbonyl (C=O) groups excluding carboxylic acids is 3. The molecule has 1 rings (SSSR count). The van der Waals surface area contributed by atoms with E-state index in [1.165, 1.54) is 0 Å². The van der Waals surface area contributed by atoms with Crippen molar-refractivity contribution in [1.82, 2.24) is 5.32 Å². The molecule has 0 unspecified atom stereocenters. The molecule has 0 fully saturated rings. The number of primary amides is 1. The average molecular weight is 284 g/mol. The van der Waals surface area contributed by atoms with Crippen LogP contribution in [-0.2, 0) is 14.4 Å². The normalized spacial score (nSPS) is 9.74. The van der Waals surface area contributed by atoms with Gasteiger partial charge in [-0.1, -0.05) is 11.6 Å². The van der Waals surface area contributed by atoms with E-state index in [0.717, 1.165) is 0 Å². The van der Waals surface area contributed by atoms with E-state index in [0.29, 0.717) is 10.7 Å². The second-order valence-corrected chi connectivity index (χ2v) is 4.23. The maximum atomic E-state index is 11.5. The van der Waals surface area contributed by atoms with Crippen molar-refractivity contribution >= 4 is 35.0 Å². The van der Waals surface area contributed by atoms with E-state index < -0.39 is 11.8 Å². The van der Waals surface area contributed by atoms with Crippen LogP contribution in [0.5, 0.6) is 0 Å². The number of amides is 3. The molecule has 0 aromatic heterocycles. The summed E-state index contributed by atoms with van der Waals surface area (Å²) in [5.41, 5.74) is 5.47. The maximum absolute atomic E-state index is 11.5. The molecule has 0 saturated heterocycles. The van der Waals surface area contributed by atoms with Crippen molar-refractivity contribution in [2.24, 2.45) is 5.73 Å². The molecule has 0 atom stereocenters. The SMILES string of the molecule is NC(=O)CNC(=O)CCC(=O)Nc1ccc(Cl)cc1. The van der Waals surface area contributed by atoms with Gasteiger partial charge in [-0.2, -0.15) is 0 Å². The molecule has 0 aliphatic heterocycles. The zero-order chi connectivity index (χ0) is 14.3. The van der Waals surface area contributed by atoms with Crippen LogP contribution in [0, 0.1) is 0 Å². The first-order valence-electron chi connectivity index (χ1n) is 5.58. The van der Waals surface area contributed by atoms with Crippen LogP contribution < -0.4 is 16.4 Å². The Kier molecular flexibility index (Phi) is 5.81. The lowest BCUT2D eigenvalue weighted by Gasteiger charge is -2.05. The lowest BCUT2D eigenvalue weighted by atomic mass is 10.2. The molecule has 0 aliphatic carbocycles. The van der Waals surface area contributed by atoms with E-state index in [9.17, 15) is 14.4 Å². The number of halogens is 1. The van der Waals surface area contributed by atoms with Gasteiger partial charge in [-0.15, -0.1) is 0 Å². The van der Waals surface area contributed by atoms with Gasteiger partial charge in [-0.05, 0) is 24.3 Å². The van der Waals surface area contributed by atoms with E-state index >= 15 is 0 Å². The van der Waals surface area contributed by atoms with Crippen LogP contribution in [-0.4, -0.2) is 24.3 Å². The Balaban J connectivity index is 2.29. The van der Waals surface area contributed by atoms with E-state index in [1.807, 2.05) is 0 Å². The number of anilines is 1. The highest BCUT2D eigenvalue weighted by molar-refractivity contribution is 6.30. The van der Waals surface area contributed by atoms with Crippen LogP contribution in [0.25, 0.3) is 0 Å². The first-order chi connectivity index (χ1) is 8.97. The zero-order valence-electron chi connectivity index (χ0n) is 10.1. The molecule has 0 saturated carbocycles. The molecule has 6 nitrogen and oxygen atoms in total. The van der Waals surface area contributed by atoms with Gasteiger partial charge in [0.05, 0.1) is 6.54 Å². The summed E-state index contributed by atoms with van der Waals surface area (Å²) in [6, 6.07) is 6.62. The molecule has 1 aromatic carbocycles. The summed E-state index contributed by atoms with van der Waals surface area (Å²) in [5, 5.41) is 5.49. The minimum absolute atomic E-state index is 0.00724. The predicted octanol–water partition coefficient (Wildman–Crippen LogP) is 0.660. The third-order valence-electron chi connectivity index (χ3n) is 2.17. The molecule has 0 bridgehead atoms. The summed E-state index contributed by atoms with van der Waals surface area (Å²) in [7, 11) is 0. The Bertz CT molecular complexity index is 474. The molecule has 4 N–H and O–H groups in total.